The van der Waals surface area contributed by atoms with Crippen molar-refractivity contribution >= 4 is 25.5 Å². The minimum absolute atomic E-state index is 0.0161. The van der Waals surface area contributed by atoms with E-state index in [1.807, 2.05) is 60.7 Å². The number of hydrogen-bond acceptors (Lipinski definition) is 19. The molecule has 0 amide bonds. The Morgan fingerprint density at radius 1 is 0.384 bits per heavy atom. The van der Waals surface area contributed by atoms with Crippen molar-refractivity contribution in [3.8, 4) is 92.0 Å². The average molecular weight is 1050 g/mol. The van der Waals surface area contributed by atoms with E-state index in [-0.39, 0.29) is 127 Å². The molecule has 0 aromatic heterocycles. The molecule has 1 N–H and O–H groups in total. The lowest BCUT2D eigenvalue weighted by Crippen LogP contribution is -2.09. The third kappa shape index (κ3) is 12.7. The minimum atomic E-state index is -1.86. The fourth-order valence-electron chi connectivity index (χ4n) is 7.00. The Labute approximate surface area is 423 Å². The molecule has 0 radical (unpaired) electrons. The van der Waals surface area contributed by atoms with Crippen molar-refractivity contribution in [1.29, 1.82) is 0 Å². The normalized spacial score (nSPS) is 22.0. The molecular formula is C51H46N3O16P3. The van der Waals surface area contributed by atoms with Crippen molar-refractivity contribution < 1.29 is 75.6 Å². The fraction of sp³-hybridized carbons (Fsp3) is 0.294. The van der Waals surface area contributed by atoms with Gasteiger partial charge >= 0.3 is 8.45 Å². The zero-order valence-corrected chi connectivity index (χ0v) is 41.5. The van der Waals surface area contributed by atoms with E-state index in [1.54, 1.807) is 60.7 Å². The highest BCUT2D eigenvalue weighted by Crippen LogP contribution is 2.66. The second-order valence-electron chi connectivity index (χ2n) is 16.9. The van der Waals surface area contributed by atoms with E-state index in [1.165, 1.54) is 0 Å². The highest BCUT2D eigenvalue weighted by molar-refractivity contribution is 7.64. The van der Waals surface area contributed by atoms with Crippen molar-refractivity contribution in [2.75, 3.05) is 66.1 Å². The Hall–Kier alpha value is -6.49. The molecule has 5 saturated heterocycles. The Bertz CT molecular complexity index is 2820. The number of hydrogen-bond donors (Lipinski definition) is 1. The molecule has 19 nitrogen and oxygen atoms in total. The summed E-state index contributed by atoms with van der Waals surface area (Å²) in [4.78, 5) is 3.25. The van der Waals surface area contributed by atoms with Crippen LogP contribution in [0.15, 0.2) is 130 Å². The van der Waals surface area contributed by atoms with Crippen LogP contribution in [0, 0.1) is 0 Å². The predicted octanol–water partition coefficient (Wildman–Crippen LogP) is 11.8. The largest absolute Gasteiger partial charge is 0.487 e. The second kappa shape index (κ2) is 22.3. The van der Waals surface area contributed by atoms with E-state index >= 15 is 0 Å². The summed E-state index contributed by atoms with van der Waals surface area (Å²) in [6, 6.07) is 36.2. The van der Waals surface area contributed by atoms with E-state index in [0.717, 1.165) is 0 Å². The second-order valence-corrected chi connectivity index (χ2v) is 20.2. The van der Waals surface area contributed by atoms with Gasteiger partial charge in [0.05, 0.1) is 33.0 Å². The molecular weight excluding hydrogens is 1000 g/mol. The van der Waals surface area contributed by atoms with Crippen LogP contribution in [0.2, 0.25) is 0 Å². The molecule has 6 aliphatic heterocycles. The summed E-state index contributed by atoms with van der Waals surface area (Å²) in [5.41, 5.74) is 0. The van der Waals surface area contributed by atoms with Crippen LogP contribution < -0.4 is 56.8 Å². The first-order chi connectivity index (χ1) is 36.1. The van der Waals surface area contributed by atoms with Gasteiger partial charge in [-0.2, -0.15) is 13.9 Å². The summed E-state index contributed by atoms with van der Waals surface area (Å²) < 4.78 is 111. The molecule has 6 heterocycles. The van der Waals surface area contributed by atoms with Crippen LogP contribution >= 0.6 is 25.5 Å². The first-order valence-electron chi connectivity index (χ1n) is 23.5. The van der Waals surface area contributed by atoms with Gasteiger partial charge in [-0.3, -0.25) is 0 Å². The zero-order chi connectivity index (χ0) is 48.8. The topological polar surface area (TPSA) is 201 Å². The number of epoxide rings is 5. The van der Waals surface area contributed by atoms with Gasteiger partial charge in [-0.25, -0.2) is 0 Å². The third-order valence-electron chi connectivity index (χ3n) is 11.2. The van der Waals surface area contributed by atoms with E-state index in [2.05, 4.69) is 9.37 Å². The molecule has 6 unspecified atom stereocenters. The van der Waals surface area contributed by atoms with Crippen LogP contribution in [0.5, 0.6) is 92.0 Å². The van der Waals surface area contributed by atoms with Crippen molar-refractivity contribution in [1.82, 2.24) is 4.86 Å². The first kappa shape index (κ1) is 47.5. The van der Waals surface area contributed by atoms with E-state index < -0.39 is 8.45 Å². The molecule has 5 fully saturated rings. The summed E-state index contributed by atoms with van der Waals surface area (Å²) in [7, 11) is -0.875. The molecule has 73 heavy (non-hydrogen) atoms. The van der Waals surface area contributed by atoms with Gasteiger partial charge in [0.2, 0.25) is 34.5 Å². The molecule has 6 aliphatic rings. The van der Waals surface area contributed by atoms with Crippen LogP contribution in [0.4, 0.5) is 0 Å². The van der Waals surface area contributed by atoms with Crippen LogP contribution in [-0.4, -0.2) is 96.6 Å². The van der Waals surface area contributed by atoms with Crippen molar-refractivity contribution in [3.63, 3.8) is 0 Å². The predicted molar refractivity (Wildman–Crippen MR) is 265 cm³/mol. The number of rotatable bonds is 27. The smallest absolute Gasteiger partial charge is 0.311 e. The molecule has 6 atom stereocenters. The summed E-state index contributed by atoms with van der Waals surface area (Å²) in [5.74, 6) is 3.24. The maximum Gasteiger partial charge on any atom is 0.311 e. The number of benzene rings is 6. The Kier molecular flexibility index (Phi) is 14.5. The van der Waals surface area contributed by atoms with Gasteiger partial charge in [-0.1, -0.05) is 60.7 Å². The molecule has 0 saturated carbocycles. The van der Waals surface area contributed by atoms with Gasteiger partial charge < -0.3 is 75.6 Å². The third-order valence-corrected chi connectivity index (χ3v) is 14.2. The maximum atomic E-state index is 7.20. The first-order valence-corrected chi connectivity index (χ1v) is 26.3. The van der Waals surface area contributed by atoms with Crippen LogP contribution in [0.3, 0.4) is 0 Å². The number of nitrogens with one attached hydrogen (secondary N) is 1. The van der Waals surface area contributed by atoms with Gasteiger partial charge in [-0.05, 0) is 60.7 Å². The highest BCUT2D eigenvalue weighted by Gasteiger charge is 2.39. The zero-order valence-electron chi connectivity index (χ0n) is 38.8. The van der Waals surface area contributed by atoms with Gasteiger partial charge in [0.1, 0.15) is 72.1 Å². The molecule has 6 aromatic carbocycles. The lowest BCUT2D eigenvalue weighted by atomic mass is 10.2. The summed E-state index contributed by atoms with van der Waals surface area (Å²) in [6.07, 6.45) is -0.302. The average Bonchev–Trinajstić information content (AvgIpc) is 4.20. The number of nitrogens with zero attached hydrogens (tertiary/aromatic N) is 2. The monoisotopic (exact) mass is 1050 g/mol. The number of ether oxygens (including phenoxy) is 15. The van der Waals surface area contributed by atoms with Crippen molar-refractivity contribution in [2.24, 2.45) is 9.03 Å². The quantitative estimate of drug-likeness (QED) is 0.0377. The van der Waals surface area contributed by atoms with Crippen molar-refractivity contribution in [3.05, 3.63) is 121 Å². The standard InChI is InChI=1S/C51H46N3O16P3/c1-6-16-41(36(11-1)60-26-31-21-55-31)65-46-47(66-42-17-7-2-12-37(42)61-27-32-22-56-32)49(68-44-19-9-4-14-39(44)63-29-34-24-58-34)51(70-73-53-71-52-72-54-73)50(69-45-20-10-5-15-40(45)64-30-35-25-59-35)48(46)67-43-18-8-3-13-38(43)62-28-33-23-57-33/h1-20,31-35H,21-30H2,(H,52,53,54). The van der Waals surface area contributed by atoms with Crippen LogP contribution in [0.25, 0.3) is 0 Å². The lowest BCUT2D eigenvalue weighted by Gasteiger charge is -2.27. The molecule has 0 aliphatic carbocycles. The van der Waals surface area contributed by atoms with Gasteiger partial charge in [0, 0.05) is 0 Å². The lowest BCUT2D eigenvalue weighted by molar-refractivity contribution is 0.245. The fourth-order valence-corrected chi connectivity index (χ4v) is 9.91. The highest BCUT2D eigenvalue weighted by atomic mass is 31.2. The van der Waals surface area contributed by atoms with Crippen molar-refractivity contribution in [2.45, 2.75) is 30.5 Å². The minimum Gasteiger partial charge on any atom is -0.487 e. The summed E-state index contributed by atoms with van der Waals surface area (Å²) >= 11 is 0. The van der Waals surface area contributed by atoms with Crippen LogP contribution in [-0.2, 0) is 23.7 Å². The summed E-state index contributed by atoms with van der Waals surface area (Å²) in [6.45, 7) is 4.34. The van der Waals surface area contributed by atoms with Gasteiger partial charge in [-0.15, -0.1) is 0 Å². The molecule has 376 valence electrons. The molecule has 6 aromatic rings. The Morgan fingerprint density at radius 3 is 0.863 bits per heavy atom. The number of para-hydroxylation sites is 10. The Morgan fingerprint density at radius 2 is 0.630 bits per heavy atom. The van der Waals surface area contributed by atoms with Gasteiger partial charge in [0.25, 0.3) is 0 Å². The van der Waals surface area contributed by atoms with E-state index in [0.29, 0.717) is 78.8 Å². The molecule has 12 rings (SSSR count). The van der Waals surface area contributed by atoms with E-state index in [9.17, 15) is 0 Å². The van der Waals surface area contributed by atoms with E-state index in [4.69, 9.17) is 80.1 Å². The Balaban J connectivity index is 1.11. The molecule has 0 spiro atoms. The van der Waals surface area contributed by atoms with Crippen LogP contribution in [0.1, 0.15) is 0 Å². The molecule has 0 bridgehead atoms. The summed E-state index contributed by atoms with van der Waals surface area (Å²) in [5, 5.41) is 0. The maximum absolute atomic E-state index is 7.20. The SMILES string of the molecule is c1ccc(Oc2c(Oc3ccccc3OCC3CO3)c(Oc3ccccc3OCC3CO3)c(OP3N=PN=PN3)c(Oc3ccccc3OCC3CO3)c2Oc2ccccc2OCC2CO2)c(OCC2CO2)c1. The van der Waals surface area contributed by atoms with Gasteiger partial charge in [0.15, 0.2) is 66.0 Å². The molecule has 22 heteroatoms.